The number of hydrogen-bond donors (Lipinski definition) is 1. The Balaban J connectivity index is 2.64. The molecule has 0 spiro atoms. The van der Waals surface area contributed by atoms with Crippen molar-refractivity contribution in [3.8, 4) is 11.3 Å². The second-order valence-electron chi connectivity index (χ2n) is 3.55. The summed E-state index contributed by atoms with van der Waals surface area (Å²) in [7, 11) is 1.89. The molecule has 0 atom stereocenters. The van der Waals surface area contributed by atoms with Crippen LogP contribution in [0.4, 0.5) is 0 Å². The molecule has 1 N–H and O–H groups in total. The van der Waals surface area contributed by atoms with Gasteiger partial charge >= 0.3 is 0 Å². The largest absolute Gasteiger partial charge is 0.275 e. The van der Waals surface area contributed by atoms with E-state index in [1.54, 1.807) is 10.9 Å². The van der Waals surface area contributed by atoms with Gasteiger partial charge in [0.1, 0.15) is 4.64 Å². The summed E-state index contributed by atoms with van der Waals surface area (Å²) in [6.45, 7) is 4.02. The van der Waals surface area contributed by atoms with E-state index in [1.165, 1.54) is 0 Å². The Hall–Kier alpha value is -1.49. The van der Waals surface area contributed by atoms with Crippen LogP contribution in [0.2, 0.25) is 0 Å². The predicted octanol–water partition coefficient (Wildman–Crippen LogP) is 2.16. The van der Waals surface area contributed by atoms with Crippen LogP contribution in [0.5, 0.6) is 0 Å². The van der Waals surface area contributed by atoms with Gasteiger partial charge in [-0.3, -0.25) is 9.78 Å². The second kappa shape index (κ2) is 3.58. The van der Waals surface area contributed by atoms with Crippen molar-refractivity contribution in [2.45, 2.75) is 13.8 Å². The van der Waals surface area contributed by atoms with Crippen LogP contribution in [0.15, 0.2) is 12.4 Å². The molecule has 2 rings (SSSR count). The molecule has 0 aliphatic carbocycles. The minimum absolute atomic E-state index is 0.695. The zero-order valence-electron chi connectivity index (χ0n) is 8.90. The molecule has 2 aromatic rings. The molecule has 5 heteroatoms. The van der Waals surface area contributed by atoms with Crippen LogP contribution in [0.25, 0.3) is 11.3 Å². The van der Waals surface area contributed by atoms with Gasteiger partial charge in [-0.1, -0.05) is 12.2 Å². The number of hydrogen-bond acceptors (Lipinski definition) is 3. The van der Waals surface area contributed by atoms with E-state index in [-0.39, 0.29) is 0 Å². The maximum Gasteiger partial charge on any atom is 0.122 e. The van der Waals surface area contributed by atoms with Gasteiger partial charge in [0.05, 0.1) is 11.9 Å². The predicted molar refractivity (Wildman–Crippen MR) is 61.1 cm³/mol. The molecule has 0 radical (unpaired) electrons. The van der Waals surface area contributed by atoms with Crippen LogP contribution in [0.1, 0.15) is 11.1 Å². The fraction of sp³-hybridized carbons (Fsp3) is 0.300. The Labute approximate surface area is 93.0 Å². The standard InChI is InChI=1S/C10H12N4S/c1-6-7(2)10(15)13-12-9(6)8-4-11-14(3)5-8/h4-5H,1-3H3,(H,13,15). The first-order valence-electron chi connectivity index (χ1n) is 4.64. The van der Waals surface area contributed by atoms with E-state index in [2.05, 4.69) is 15.3 Å². The summed E-state index contributed by atoms with van der Waals surface area (Å²) in [6.07, 6.45) is 3.73. The van der Waals surface area contributed by atoms with Crippen LogP contribution in [-0.2, 0) is 7.05 Å². The minimum atomic E-state index is 0.695. The first-order valence-corrected chi connectivity index (χ1v) is 5.05. The minimum Gasteiger partial charge on any atom is -0.275 e. The van der Waals surface area contributed by atoms with E-state index in [0.29, 0.717) is 4.64 Å². The summed E-state index contributed by atoms with van der Waals surface area (Å²) in [5.74, 6) is 0. The molecule has 0 amide bonds. The Morgan fingerprint density at radius 3 is 2.67 bits per heavy atom. The van der Waals surface area contributed by atoms with Crippen molar-refractivity contribution >= 4 is 12.2 Å². The molecule has 4 nitrogen and oxygen atoms in total. The van der Waals surface area contributed by atoms with Crippen molar-refractivity contribution < 1.29 is 0 Å². The summed E-state index contributed by atoms with van der Waals surface area (Å²) in [5.41, 5.74) is 4.09. The summed E-state index contributed by atoms with van der Waals surface area (Å²) < 4.78 is 2.45. The zero-order chi connectivity index (χ0) is 11.0. The first kappa shape index (κ1) is 10.0. The van der Waals surface area contributed by atoms with E-state index >= 15 is 0 Å². The fourth-order valence-electron chi connectivity index (χ4n) is 1.45. The number of aromatic nitrogens is 4. The lowest BCUT2D eigenvalue weighted by molar-refractivity contribution is 0.768. The van der Waals surface area contributed by atoms with Gasteiger partial charge in [-0.2, -0.15) is 10.2 Å². The maximum absolute atomic E-state index is 5.12. The summed E-state index contributed by atoms with van der Waals surface area (Å²) in [4.78, 5) is 0. The van der Waals surface area contributed by atoms with E-state index < -0.39 is 0 Å². The van der Waals surface area contributed by atoms with Gasteiger partial charge in [0.2, 0.25) is 0 Å². The highest BCUT2D eigenvalue weighted by Gasteiger charge is 2.08. The lowest BCUT2D eigenvalue weighted by Gasteiger charge is -2.04. The van der Waals surface area contributed by atoms with Crippen LogP contribution in [0.3, 0.4) is 0 Å². The molecule has 15 heavy (non-hydrogen) atoms. The number of H-pyrrole nitrogens is 1. The first-order chi connectivity index (χ1) is 7.09. The molecule has 0 fully saturated rings. The molecule has 0 saturated carbocycles. The van der Waals surface area contributed by atoms with Crippen molar-refractivity contribution in [1.29, 1.82) is 0 Å². The van der Waals surface area contributed by atoms with Crippen molar-refractivity contribution in [1.82, 2.24) is 20.0 Å². The fourth-order valence-corrected chi connectivity index (χ4v) is 1.65. The topological polar surface area (TPSA) is 46.5 Å². The monoisotopic (exact) mass is 220 g/mol. The SMILES string of the molecule is Cc1c(-c2cnn(C)c2)n[nH]c(=S)c1C. The van der Waals surface area contributed by atoms with Gasteiger partial charge < -0.3 is 0 Å². The third-order valence-corrected chi connectivity index (χ3v) is 2.90. The van der Waals surface area contributed by atoms with Gasteiger partial charge in [-0.15, -0.1) is 0 Å². The lowest BCUT2D eigenvalue weighted by Crippen LogP contribution is -1.95. The van der Waals surface area contributed by atoms with E-state index in [1.807, 2.05) is 27.1 Å². The van der Waals surface area contributed by atoms with Gasteiger partial charge in [-0.05, 0) is 25.0 Å². The van der Waals surface area contributed by atoms with Gasteiger partial charge in [0, 0.05) is 18.8 Å². The quantitative estimate of drug-likeness (QED) is 0.749. The van der Waals surface area contributed by atoms with Gasteiger partial charge in [0.25, 0.3) is 0 Å². The number of nitrogens with one attached hydrogen (secondary N) is 1. The molecular formula is C10H12N4S. The molecular weight excluding hydrogens is 208 g/mol. The summed E-state index contributed by atoms with van der Waals surface area (Å²) >= 11 is 5.12. The molecule has 0 bridgehead atoms. The highest BCUT2D eigenvalue weighted by atomic mass is 32.1. The molecule has 78 valence electrons. The lowest BCUT2D eigenvalue weighted by atomic mass is 10.1. The van der Waals surface area contributed by atoms with Crippen molar-refractivity contribution in [2.24, 2.45) is 7.05 Å². The van der Waals surface area contributed by atoms with E-state index in [0.717, 1.165) is 22.4 Å². The van der Waals surface area contributed by atoms with Crippen molar-refractivity contribution in [3.05, 3.63) is 28.2 Å². The highest BCUT2D eigenvalue weighted by Crippen LogP contribution is 2.21. The Morgan fingerprint density at radius 1 is 1.33 bits per heavy atom. The van der Waals surface area contributed by atoms with E-state index in [9.17, 15) is 0 Å². The van der Waals surface area contributed by atoms with Gasteiger partial charge in [-0.25, -0.2) is 0 Å². The van der Waals surface area contributed by atoms with Crippen LogP contribution >= 0.6 is 12.2 Å². The Morgan fingerprint density at radius 2 is 2.07 bits per heavy atom. The Bertz CT molecular complexity index is 553. The molecule has 0 aliphatic rings. The van der Waals surface area contributed by atoms with Crippen molar-refractivity contribution in [2.75, 3.05) is 0 Å². The average molecular weight is 220 g/mol. The normalized spacial score (nSPS) is 10.6. The highest BCUT2D eigenvalue weighted by molar-refractivity contribution is 7.71. The van der Waals surface area contributed by atoms with Crippen LogP contribution in [-0.4, -0.2) is 20.0 Å². The zero-order valence-corrected chi connectivity index (χ0v) is 9.72. The van der Waals surface area contributed by atoms with Crippen LogP contribution < -0.4 is 0 Å². The maximum atomic E-state index is 5.12. The second-order valence-corrected chi connectivity index (χ2v) is 3.96. The summed E-state index contributed by atoms with van der Waals surface area (Å²) in [6, 6.07) is 0. The molecule has 0 saturated heterocycles. The number of aromatic amines is 1. The molecule has 0 unspecified atom stereocenters. The molecule has 0 aromatic carbocycles. The third kappa shape index (κ3) is 1.70. The van der Waals surface area contributed by atoms with E-state index in [4.69, 9.17) is 12.2 Å². The number of aryl methyl sites for hydroxylation is 1. The van der Waals surface area contributed by atoms with Crippen molar-refractivity contribution in [3.63, 3.8) is 0 Å². The number of nitrogens with zero attached hydrogens (tertiary/aromatic N) is 3. The molecule has 2 heterocycles. The van der Waals surface area contributed by atoms with Gasteiger partial charge in [0.15, 0.2) is 0 Å². The average Bonchev–Trinajstić information content (AvgIpc) is 2.61. The number of rotatable bonds is 1. The van der Waals surface area contributed by atoms with Crippen LogP contribution in [0, 0.1) is 18.5 Å². The summed E-state index contributed by atoms with van der Waals surface area (Å²) in [5, 5.41) is 11.2. The Kier molecular flexibility index (Phi) is 2.40. The molecule has 0 aliphatic heterocycles. The molecule has 2 aromatic heterocycles. The third-order valence-electron chi connectivity index (χ3n) is 2.51. The smallest absolute Gasteiger partial charge is 0.122 e.